The normalized spacial score (nSPS) is 11.1. The molecule has 0 aliphatic rings. The second-order valence-electron chi connectivity index (χ2n) is 6.41. The lowest BCUT2D eigenvalue weighted by molar-refractivity contribution is -0.0498. The second-order valence-corrected chi connectivity index (χ2v) is 8.21. The topological polar surface area (TPSA) is 52.8 Å². The fourth-order valence-corrected chi connectivity index (χ4v) is 4.68. The third-order valence-corrected chi connectivity index (χ3v) is 6.23. The van der Waals surface area contributed by atoms with Gasteiger partial charge in [-0.05, 0) is 24.3 Å². The first-order chi connectivity index (χ1) is 15.1. The van der Waals surface area contributed by atoms with Crippen molar-refractivity contribution in [2.75, 3.05) is 0 Å². The Morgan fingerprint density at radius 1 is 1.06 bits per heavy atom. The Morgan fingerprint density at radius 3 is 2.55 bits per heavy atom. The lowest BCUT2D eigenvalue weighted by Crippen LogP contribution is -2.02. The molecule has 4 rings (SSSR count). The molecule has 158 valence electrons. The molecular weight excluding hydrogens is 438 g/mol. The molecule has 2 aromatic carbocycles. The van der Waals surface area contributed by atoms with Gasteiger partial charge in [-0.3, -0.25) is 4.57 Å². The van der Waals surface area contributed by atoms with Gasteiger partial charge in [0.05, 0.1) is 5.69 Å². The molecule has 0 unspecified atom stereocenters. The van der Waals surface area contributed by atoms with Crippen LogP contribution in [0.1, 0.15) is 5.69 Å². The van der Waals surface area contributed by atoms with Crippen LogP contribution in [0.3, 0.4) is 0 Å². The molecule has 0 bridgehead atoms. The molecule has 31 heavy (non-hydrogen) atoms. The van der Waals surface area contributed by atoms with E-state index in [-0.39, 0.29) is 5.75 Å². The standard InChI is InChI=1S/C22H18F2N4OS2/c1-2-12-28-19(15-8-10-18(11-9-15)29-21(23)24)26-27-22(28)31-14-17-13-30-20(25-17)16-6-4-3-5-7-16/h2-11,13,21H,1,12,14H2. The van der Waals surface area contributed by atoms with E-state index in [4.69, 9.17) is 4.98 Å². The largest absolute Gasteiger partial charge is 0.435 e. The van der Waals surface area contributed by atoms with Gasteiger partial charge in [0.15, 0.2) is 11.0 Å². The number of thiazole rings is 1. The van der Waals surface area contributed by atoms with Crippen molar-refractivity contribution < 1.29 is 13.5 Å². The number of aromatic nitrogens is 4. The zero-order chi connectivity index (χ0) is 21.6. The van der Waals surface area contributed by atoms with Gasteiger partial charge in [-0.25, -0.2) is 4.98 Å². The van der Waals surface area contributed by atoms with Gasteiger partial charge in [-0.1, -0.05) is 48.2 Å². The Kier molecular flexibility index (Phi) is 6.73. The molecule has 0 spiro atoms. The summed E-state index contributed by atoms with van der Waals surface area (Å²) < 4.78 is 31.1. The van der Waals surface area contributed by atoms with Crippen molar-refractivity contribution in [3.63, 3.8) is 0 Å². The first-order valence-electron chi connectivity index (χ1n) is 9.36. The molecule has 2 heterocycles. The van der Waals surface area contributed by atoms with E-state index in [1.807, 2.05) is 40.3 Å². The fourth-order valence-electron chi connectivity index (χ4n) is 2.91. The van der Waals surface area contributed by atoms with Gasteiger partial charge in [-0.15, -0.1) is 28.1 Å². The molecule has 2 aromatic heterocycles. The van der Waals surface area contributed by atoms with Crippen LogP contribution in [0.4, 0.5) is 8.78 Å². The highest BCUT2D eigenvalue weighted by molar-refractivity contribution is 7.98. The van der Waals surface area contributed by atoms with Crippen molar-refractivity contribution in [2.24, 2.45) is 0 Å². The fraction of sp³-hybridized carbons (Fsp3) is 0.136. The first kappa shape index (κ1) is 21.2. The average Bonchev–Trinajstić information content (AvgIpc) is 3.41. The smallest absolute Gasteiger partial charge is 0.387 e. The molecule has 0 radical (unpaired) electrons. The Balaban J connectivity index is 1.50. The zero-order valence-corrected chi connectivity index (χ0v) is 18.0. The van der Waals surface area contributed by atoms with Crippen LogP contribution in [-0.2, 0) is 12.3 Å². The number of alkyl halides is 2. The Morgan fingerprint density at radius 2 is 1.84 bits per heavy atom. The first-order valence-corrected chi connectivity index (χ1v) is 11.2. The summed E-state index contributed by atoms with van der Waals surface area (Å²) in [4.78, 5) is 4.71. The van der Waals surface area contributed by atoms with E-state index in [9.17, 15) is 8.78 Å². The van der Waals surface area contributed by atoms with Crippen LogP contribution in [-0.4, -0.2) is 26.4 Å². The lowest BCUT2D eigenvalue weighted by Gasteiger charge is -2.08. The van der Waals surface area contributed by atoms with E-state index < -0.39 is 6.61 Å². The number of nitrogens with zero attached hydrogens (tertiary/aromatic N) is 4. The SMILES string of the molecule is C=CCn1c(SCc2csc(-c3ccccc3)n2)nnc1-c1ccc(OC(F)F)cc1. The van der Waals surface area contributed by atoms with Gasteiger partial charge in [0.1, 0.15) is 10.8 Å². The van der Waals surface area contributed by atoms with Crippen LogP contribution in [0.5, 0.6) is 5.75 Å². The Hall–Kier alpha value is -3.04. The van der Waals surface area contributed by atoms with E-state index in [0.717, 1.165) is 27.0 Å². The van der Waals surface area contributed by atoms with Crippen LogP contribution in [0.2, 0.25) is 0 Å². The van der Waals surface area contributed by atoms with Crippen LogP contribution < -0.4 is 4.74 Å². The molecule has 0 saturated carbocycles. The molecule has 0 aliphatic carbocycles. The van der Waals surface area contributed by atoms with Crippen molar-refractivity contribution in [1.29, 1.82) is 0 Å². The number of hydrogen-bond acceptors (Lipinski definition) is 6. The minimum atomic E-state index is -2.86. The summed E-state index contributed by atoms with van der Waals surface area (Å²) in [6, 6.07) is 16.4. The number of benzene rings is 2. The molecule has 5 nitrogen and oxygen atoms in total. The zero-order valence-electron chi connectivity index (χ0n) is 16.3. The molecule has 4 aromatic rings. The van der Waals surface area contributed by atoms with E-state index in [0.29, 0.717) is 18.1 Å². The maximum Gasteiger partial charge on any atom is 0.387 e. The Bertz CT molecular complexity index is 1140. The summed E-state index contributed by atoms with van der Waals surface area (Å²) in [7, 11) is 0. The highest BCUT2D eigenvalue weighted by atomic mass is 32.2. The summed E-state index contributed by atoms with van der Waals surface area (Å²) in [5, 5.41) is 12.4. The van der Waals surface area contributed by atoms with Crippen molar-refractivity contribution in [2.45, 2.75) is 24.1 Å². The van der Waals surface area contributed by atoms with Crippen molar-refractivity contribution in [3.05, 3.63) is 78.3 Å². The van der Waals surface area contributed by atoms with Gasteiger partial charge in [0.25, 0.3) is 0 Å². The highest BCUT2D eigenvalue weighted by Gasteiger charge is 2.15. The van der Waals surface area contributed by atoms with Crippen LogP contribution in [0.25, 0.3) is 22.0 Å². The third-order valence-electron chi connectivity index (χ3n) is 4.29. The van der Waals surface area contributed by atoms with Gasteiger partial charge >= 0.3 is 6.61 Å². The molecular formula is C22H18F2N4OS2. The number of allylic oxidation sites excluding steroid dienone is 1. The summed E-state index contributed by atoms with van der Waals surface area (Å²) in [6.45, 7) is 1.48. The molecule has 0 atom stereocenters. The Labute approximate surface area is 186 Å². The summed E-state index contributed by atoms with van der Waals surface area (Å²) in [5.74, 6) is 1.38. The maximum atomic E-state index is 12.4. The number of thioether (sulfide) groups is 1. The quantitative estimate of drug-likeness (QED) is 0.223. The molecule has 0 amide bonds. The number of hydrogen-bond donors (Lipinski definition) is 0. The minimum absolute atomic E-state index is 0.0980. The van der Waals surface area contributed by atoms with Gasteiger partial charge in [0, 0.05) is 28.8 Å². The minimum Gasteiger partial charge on any atom is -0.435 e. The third kappa shape index (κ3) is 5.18. The van der Waals surface area contributed by atoms with Crippen LogP contribution in [0, 0.1) is 0 Å². The summed E-state index contributed by atoms with van der Waals surface area (Å²) >= 11 is 3.15. The van der Waals surface area contributed by atoms with Crippen molar-refractivity contribution >= 4 is 23.1 Å². The van der Waals surface area contributed by atoms with Crippen molar-refractivity contribution in [1.82, 2.24) is 19.7 Å². The van der Waals surface area contributed by atoms with E-state index >= 15 is 0 Å². The van der Waals surface area contributed by atoms with Crippen molar-refractivity contribution in [3.8, 4) is 27.7 Å². The molecule has 0 fully saturated rings. The van der Waals surface area contributed by atoms with E-state index in [1.54, 1.807) is 29.5 Å². The van der Waals surface area contributed by atoms with Crippen LogP contribution in [0.15, 0.2) is 77.8 Å². The number of ether oxygens (including phenoxy) is 1. The molecule has 0 aliphatic heterocycles. The maximum absolute atomic E-state index is 12.4. The summed E-state index contributed by atoms with van der Waals surface area (Å²) in [5.41, 5.74) is 2.82. The van der Waals surface area contributed by atoms with E-state index in [2.05, 4.69) is 21.5 Å². The monoisotopic (exact) mass is 456 g/mol. The molecule has 9 heteroatoms. The predicted octanol–water partition coefficient (Wildman–Crippen LogP) is 6.15. The second kappa shape index (κ2) is 9.84. The van der Waals surface area contributed by atoms with E-state index in [1.165, 1.54) is 23.9 Å². The average molecular weight is 457 g/mol. The number of rotatable bonds is 9. The molecule has 0 N–H and O–H groups in total. The van der Waals surface area contributed by atoms with Gasteiger partial charge in [0.2, 0.25) is 0 Å². The van der Waals surface area contributed by atoms with Crippen LogP contribution >= 0.6 is 23.1 Å². The number of halogens is 2. The van der Waals surface area contributed by atoms with Gasteiger partial charge < -0.3 is 4.74 Å². The van der Waals surface area contributed by atoms with Gasteiger partial charge in [-0.2, -0.15) is 8.78 Å². The highest BCUT2D eigenvalue weighted by Crippen LogP contribution is 2.30. The lowest BCUT2D eigenvalue weighted by atomic mass is 10.2. The summed E-state index contributed by atoms with van der Waals surface area (Å²) in [6.07, 6.45) is 1.77. The molecule has 0 saturated heterocycles. The predicted molar refractivity (Wildman–Crippen MR) is 119 cm³/mol.